The van der Waals surface area contributed by atoms with Gasteiger partial charge in [-0.3, -0.25) is 14.4 Å². The van der Waals surface area contributed by atoms with E-state index in [9.17, 15) is 19.2 Å². The molecule has 4 rings (SSSR count). The van der Waals surface area contributed by atoms with E-state index >= 15 is 0 Å². The van der Waals surface area contributed by atoms with Crippen molar-refractivity contribution in [1.29, 1.82) is 0 Å². The van der Waals surface area contributed by atoms with Gasteiger partial charge in [0, 0.05) is 39.4 Å². The molecular weight excluding hydrogens is 543 g/mol. The van der Waals surface area contributed by atoms with E-state index in [2.05, 4.69) is 5.32 Å². The van der Waals surface area contributed by atoms with Gasteiger partial charge >= 0.3 is 5.97 Å². The molecule has 9 nitrogen and oxygen atoms in total. The maximum Gasteiger partial charge on any atom is 0.335 e. The van der Waals surface area contributed by atoms with E-state index in [-0.39, 0.29) is 11.5 Å². The molecule has 0 bridgehead atoms. The summed E-state index contributed by atoms with van der Waals surface area (Å²) >= 11 is 10.4. The summed E-state index contributed by atoms with van der Waals surface area (Å²) < 4.78 is 0. The molecule has 0 spiro atoms. The Morgan fingerprint density at radius 3 is 1.15 bits per heavy atom. The van der Waals surface area contributed by atoms with Crippen molar-refractivity contribution in [3.63, 3.8) is 0 Å². The van der Waals surface area contributed by atoms with E-state index < -0.39 is 16.5 Å². The number of aromatic carboxylic acids is 1. The van der Waals surface area contributed by atoms with Crippen molar-refractivity contribution in [1.82, 2.24) is 0 Å². The lowest BCUT2D eigenvalue weighted by Gasteiger charge is -2.05. The molecule has 11 heteroatoms. The molecule has 200 valence electrons. The molecule has 0 aliphatic carbocycles. The van der Waals surface area contributed by atoms with Crippen molar-refractivity contribution >= 4 is 68.3 Å². The lowest BCUT2D eigenvalue weighted by atomic mass is 10.1. The van der Waals surface area contributed by atoms with Crippen LogP contribution in [0.3, 0.4) is 0 Å². The van der Waals surface area contributed by atoms with Gasteiger partial charge in [-0.15, -0.1) is 0 Å². The van der Waals surface area contributed by atoms with Crippen LogP contribution in [0, 0.1) is 0 Å². The average Bonchev–Trinajstić information content (AvgIpc) is 2.92. The second-order valence-electron chi connectivity index (χ2n) is 7.75. The van der Waals surface area contributed by atoms with Crippen LogP contribution in [0.15, 0.2) is 97.1 Å². The molecule has 0 unspecified atom stereocenters. The summed E-state index contributed by atoms with van der Waals surface area (Å²) in [5, 5.41) is 10.4. The molecule has 0 heterocycles. The van der Waals surface area contributed by atoms with E-state index in [1.807, 2.05) is 0 Å². The van der Waals surface area contributed by atoms with Gasteiger partial charge in [0.1, 0.15) is 0 Å². The van der Waals surface area contributed by atoms with Crippen LogP contribution in [0.2, 0.25) is 0 Å². The Morgan fingerprint density at radius 1 is 0.513 bits per heavy atom. The Morgan fingerprint density at radius 2 is 0.821 bits per heavy atom. The minimum absolute atomic E-state index is 0.143. The van der Waals surface area contributed by atoms with Crippen molar-refractivity contribution in [2.24, 2.45) is 0 Å². The summed E-state index contributed by atoms with van der Waals surface area (Å²) in [7, 11) is 0. The Labute approximate surface area is 234 Å². The van der Waals surface area contributed by atoms with Gasteiger partial charge in [-0.2, -0.15) is 0 Å². The number of nitrogen functional groups attached to an aromatic ring is 3. The molecule has 0 aliphatic heterocycles. The van der Waals surface area contributed by atoms with E-state index in [4.69, 9.17) is 45.5 Å². The van der Waals surface area contributed by atoms with Gasteiger partial charge in [0.15, 0.2) is 0 Å². The Balaban J connectivity index is 0.000000227. The number of halogens is 2. The quantitative estimate of drug-likeness (QED) is 0.155. The Kier molecular flexibility index (Phi) is 11.5. The Hall–Kier alpha value is -4.86. The zero-order valence-corrected chi connectivity index (χ0v) is 21.8. The van der Waals surface area contributed by atoms with Crippen LogP contribution >= 0.6 is 23.2 Å². The number of carbonyl (C=O) groups is 4. The van der Waals surface area contributed by atoms with E-state index in [1.165, 1.54) is 48.5 Å². The number of hydrogen-bond acceptors (Lipinski definition) is 7. The van der Waals surface area contributed by atoms with Crippen LogP contribution in [-0.2, 0) is 0 Å². The van der Waals surface area contributed by atoms with Gasteiger partial charge < -0.3 is 27.6 Å². The average molecular weight is 567 g/mol. The largest absolute Gasteiger partial charge is 0.478 e. The van der Waals surface area contributed by atoms with Gasteiger partial charge in [-0.1, -0.05) is 0 Å². The van der Waals surface area contributed by atoms with E-state index in [0.29, 0.717) is 28.1 Å². The smallest absolute Gasteiger partial charge is 0.335 e. The van der Waals surface area contributed by atoms with Crippen LogP contribution in [0.4, 0.5) is 22.7 Å². The van der Waals surface area contributed by atoms with E-state index in [1.54, 1.807) is 48.5 Å². The Bertz CT molecular complexity index is 1370. The number of nitrogens with two attached hydrogens (primary N) is 3. The molecule has 4 aromatic rings. The summed E-state index contributed by atoms with van der Waals surface area (Å²) in [6, 6.07) is 25.4. The minimum Gasteiger partial charge on any atom is -0.478 e. The van der Waals surface area contributed by atoms with Crippen molar-refractivity contribution in [3.05, 3.63) is 119 Å². The predicted octanol–water partition coefficient (Wildman–Crippen LogP) is 5.51. The minimum atomic E-state index is -1.02. The number of rotatable bonds is 5. The summed E-state index contributed by atoms with van der Waals surface area (Å²) in [4.78, 5) is 43.7. The number of anilines is 4. The molecule has 0 aliphatic rings. The summed E-state index contributed by atoms with van der Waals surface area (Å²) in [5.74, 6) is -1.33. The standard InChI is InChI=1S/C14H12N2O3.C8H4Cl2O2.C6H8N2/c15-11-5-7-12(8-6-11)16-13(17)9-1-3-10(4-2-9)14(18)19;9-7(11)5-1-2-6(4-3-5)8(10)12;7-5-1-2-6(8)4-3-5/h1-8H,15H2,(H,16,17)(H,18,19);1-4H;1-4H,7-8H2. The molecule has 8 N–H and O–H groups in total. The number of amides is 1. The van der Waals surface area contributed by atoms with Gasteiger partial charge in [-0.25, -0.2) is 4.79 Å². The highest BCUT2D eigenvalue weighted by molar-refractivity contribution is 6.68. The first-order valence-electron chi connectivity index (χ1n) is 11.1. The van der Waals surface area contributed by atoms with E-state index in [0.717, 1.165) is 11.4 Å². The maximum atomic E-state index is 11.9. The lowest BCUT2D eigenvalue weighted by Crippen LogP contribution is -2.12. The number of hydrogen-bond donors (Lipinski definition) is 5. The van der Waals surface area contributed by atoms with Gasteiger partial charge in [0.25, 0.3) is 16.4 Å². The lowest BCUT2D eigenvalue weighted by molar-refractivity contribution is 0.0696. The third kappa shape index (κ3) is 10.6. The first-order valence-corrected chi connectivity index (χ1v) is 11.8. The van der Waals surface area contributed by atoms with Crippen LogP contribution in [-0.4, -0.2) is 27.5 Å². The fraction of sp³-hybridized carbons (Fsp3) is 0. The van der Waals surface area contributed by atoms with Crippen molar-refractivity contribution < 1.29 is 24.3 Å². The van der Waals surface area contributed by atoms with Crippen LogP contribution in [0.1, 0.15) is 41.4 Å². The molecular formula is C28H24Cl2N4O5. The first-order chi connectivity index (χ1) is 18.5. The highest BCUT2D eigenvalue weighted by Crippen LogP contribution is 2.13. The fourth-order valence-electron chi connectivity index (χ4n) is 2.76. The molecule has 1 amide bonds. The topological polar surface area (TPSA) is 179 Å². The number of benzene rings is 4. The molecule has 0 saturated heterocycles. The molecule has 0 radical (unpaired) electrons. The van der Waals surface area contributed by atoms with Gasteiger partial charge in [-0.05, 0) is 120 Å². The second-order valence-corrected chi connectivity index (χ2v) is 8.44. The first kappa shape index (κ1) is 30.4. The van der Waals surface area contributed by atoms with Crippen LogP contribution < -0.4 is 22.5 Å². The van der Waals surface area contributed by atoms with Crippen LogP contribution in [0.5, 0.6) is 0 Å². The molecule has 0 aromatic heterocycles. The molecule has 39 heavy (non-hydrogen) atoms. The van der Waals surface area contributed by atoms with Crippen molar-refractivity contribution in [2.75, 3.05) is 22.5 Å². The maximum absolute atomic E-state index is 11.9. The molecule has 4 aromatic carbocycles. The second kappa shape index (κ2) is 14.8. The molecule has 0 fully saturated rings. The monoisotopic (exact) mass is 566 g/mol. The number of carbonyl (C=O) groups excluding carboxylic acids is 3. The zero-order valence-electron chi connectivity index (χ0n) is 20.3. The van der Waals surface area contributed by atoms with Crippen molar-refractivity contribution in [3.8, 4) is 0 Å². The molecule has 0 saturated carbocycles. The van der Waals surface area contributed by atoms with Gasteiger partial charge in [0.05, 0.1) is 5.56 Å². The van der Waals surface area contributed by atoms with Crippen molar-refractivity contribution in [2.45, 2.75) is 0 Å². The predicted molar refractivity (Wildman–Crippen MR) is 154 cm³/mol. The number of nitrogens with one attached hydrogen (secondary N) is 1. The summed E-state index contributed by atoms with van der Waals surface area (Å²) in [5.41, 5.74) is 20.3. The SMILES string of the molecule is Nc1ccc(N)cc1.Nc1ccc(NC(=O)c2ccc(C(=O)O)cc2)cc1.O=C(Cl)c1ccc(C(=O)Cl)cc1. The summed E-state index contributed by atoms with van der Waals surface area (Å²) in [6.07, 6.45) is 0. The van der Waals surface area contributed by atoms with Crippen LogP contribution in [0.25, 0.3) is 0 Å². The third-order valence-corrected chi connectivity index (χ3v) is 5.27. The fourth-order valence-corrected chi connectivity index (χ4v) is 3.01. The summed E-state index contributed by atoms with van der Waals surface area (Å²) in [6.45, 7) is 0. The number of carboxylic acid groups (broad SMARTS) is 1. The highest BCUT2D eigenvalue weighted by atomic mass is 35.5. The highest BCUT2D eigenvalue weighted by Gasteiger charge is 2.08. The number of carboxylic acids is 1. The normalized spacial score (nSPS) is 9.59. The zero-order chi connectivity index (χ0) is 28.9. The van der Waals surface area contributed by atoms with Gasteiger partial charge in [0.2, 0.25) is 0 Å². The third-order valence-electron chi connectivity index (χ3n) is 4.84. The molecule has 0 atom stereocenters.